The maximum absolute atomic E-state index is 12.9. The minimum Gasteiger partial charge on any atom is -0.508 e. The molecule has 0 radical (unpaired) electrons. The first-order valence-corrected chi connectivity index (χ1v) is 18.8. The van der Waals surface area contributed by atoms with Crippen molar-refractivity contribution in [1.29, 1.82) is 0 Å². The molecule has 2 heterocycles. The normalized spacial score (nSPS) is 15.5. The lowest BCUT2D eigenvalue weighted by atomic mass is 9.88. The molecule has 0 bridgehead atoms. The zero-order valence-corrected chi connectivity index (χ0v) is 31.6. The number of piperidine rings is 1. The van der Waals surface area contributed by atoms with Crippen molar-refractivity contribution in [2.24, 2.45) is 0 Å². The second kappa shape index (κ2) is 18.4. The number of aromatic hydroxyl groups is 1. The topological polar surface area (TPSA) is 155 Å². The van der Waals surface area contributed by atoms with Gasteiger partial charge in [0.2, 0.25) is 17.7 Å². The van der Waals surface area contributed by atoms with Gasteiger partial charge >= 0.3 is 0 Å². The maximum atomic E-state index is 12.9. The minimum absolute atomic E-state index is 0.0938. The van der Waals surface area contributed by atoms with Crippen LogP contribution < -0.4 is 15.4 Å². The number of carbonyl (C=O) groups is 5. The minimum atomic E-state index is -0.721. The Labute approximate surface area is 326 Å². The fraction of sp³-hybridized carbons (Fsp3) is 0.295. The molecule has 5 amide bonds. The van der Waals surface area contributed by atoms with Crippen LogP contribution in [0.5, 0.6) is 11.5 Å². The number of ether oxygens (including phenoxy) is 2. The van der Waals surface area contributed by atoms with Crippen LogP contribution in [-0.2, 0) is 25.7 Å². The molecule has 290 valence electrons. The van der Waals surface area contributed by atoms with E-state index in [2.05, 4.69) is 29.7 Å². The fourth-order valence-corrected chi connectivity index (χ4v) is 6.96. The van der Waals surface area contributed by atoms with E-state index in [4.69, 9.17) is 9.47 Å². The number of hydrogen-bond donors (Lipinski definition) is 3. The van der Waals surface area contributed by atoms with E-state index in [1.54, 1.807) is 42.3 Å². The molecule has 1 atom stereocenters. The number of hydrogen-bond acceptors (Lipinski definition) is 8. The first kappa shape index (κ1) is 39.4. The number of benzene rings is 4. The first-order chi connectivity index (χ1) is 27.1. The number of carbonyl (C=O) groups excluding carboxylic acids is 5. The molecule has 12 heteroatoms. The molecule has 1 fully saturated rings. The van der Waals surface area contributed by atoms with Gasteiger partial charge in [0.25, 0.3) is 11.8 Å². The van der Waals surface area contributed by atoms with Crippen molar-refractivity contribution < 1.29 is 38.6 Å². The van der Waals surface area contributed by atoms with E-state index >= 15 is 0 Å². The third kappa shape index (κ3) is 9.50. The summed E-state index contributed by atoms with van der Waals surface area (Å²) in [7, 11) is 1.72. The number of imide groups is 1. The van der Waals surface area contributed by atoms with Gasteiger partial charge in [0.05, 0.1) is 26.2 Å². The van der Waals surface area contributed by atoms with Crippen LogP contribution in [0.15, 0.2) is 97.1 Å². The Morgan fingerprint density at radius 3 is 2.27 bits per heavy atom. The molecule has 0 saturated carbocycles. The van der Waals surface area contributed by atoms with Gasteiger partial charge in [-0.15, -0.1) is 0 Å². The molecule has 4 aromatic carbocycles. The molecule has 2 aliphatic heterocycles. The molecule has 1 saturated heterocycles. The van der Waals surface area contributed by atoms with Crippen LogP contribution in [-0.4, -0.2) is 90.4 Å². The second-order valence-corrected chi connectivity index (χ2v) is 13.7. The molecule has 4 aromatic rings. The van der Waals surface area contributed by atoms with Crippen LogP contribution >= 0.6 is 0 Å². The zero-order valence-electron chi connectivity index (χ0n) is 31.6. The smallest absolute Gasteiger partial charge is 0.255 e. The van der Waals surface area contributed by atoms with Crippen molar-refractivity contribution in [3.8, 4) is 11.5 Å². The number of rotatable bonds is 16. The van der Waals surface area contributed by atoms with Crippen molar-refractivity contribution in [3.05, 3.63) is 130 Å². The fourth-order valence-electron chi connectivity index (χ4n) is 6.96. The molecular formula is C44H46N4O8. The molecule has 0 aliphatic carbocycles. The maximum Gasteiger partial charge on any atom is 0.255 e. The molecule has 56 heavy (non-hydrogen) atoms. The summed E-state index contributed by atoms with van der Waals surface area (Å²) in [4.78, 5) is 65.3. The number of nitrogens with zero attached hydrogens (tertiary/aromatic N) is 2. The quantitative estimate of drug-likeness (QED) is 0.0802. The Kier molecular flexibility index (Phi) is 12.9. The van der Waals surface area contributed by atoms with Crippen LogP contribution in [0.1, 0.15) is 75.6 Å². The number of nitrogens with one attached hydrogen (secondary N) is 2. The van der Waals surface area contributed by atoms with Gasteiger partial charge in [-0.1, -0.05) is 61.5 Å². The van der Waals surface area contributed by atoms with Gasteiger partial charge in [0.1, 0.15) is 24.1 Å². The number of fused-ring (bicyclic) bond motifs is 1. The number of phenolic OH excluding ortho intramolecular Hbond substituents is 1. The summed E-state index contributed by atoms with van der Waals surface area (Å²) in [6, 6.07) is 29.5. The van der Waals surface area contributed by atoms with Crippen molar-refractivity contribution in [3.63, 3.8) is 0 Å². The molecular weight excluding hydrogens is 713 g/mol. The van der Waals surface area contributed by atoms with Crippen molar-refractivity contribution in [2.45, 2.75) is 45.2 Å². The van der Waals surface area contributed by atoms with Gasteiger partial charge < -0.3 is 29.7 Å². The standard InChI is InChI=1S/C44H46N4O8/c1-3-36(29-7-5-4-6-8-29)41(30-9-14-34(49)15-10-30)31-11-16-35(17-12-31)56-26-23-47(2)40(51)21-24-55-25-22-45-42(52)32-13-18-37-33(27-32)28-48(44(37)54)38-19-20-39(50)46-43(38)53/h4-18,27,38,49H,3,19-26,28H2,1-2H3,(H,45,52)(H,46,50,53)/b41-36-/t38-/m1/s1. The lowest BCUT2D eigenvalue weighted by molar-refractivity contribution is -0.137. The van der Waals surface area contributed by atoms with Crippen molar-refractivity contribution >= 4 is 40.7 Å². The van der Waals surface area contributed by atoms with E-state index < -0.39 is 11.9 Å². The highest BCUT2D eigenvalue weighted by atomic mass is 16.5. The summed E-state index contributed by atoms with van der Waals surface area (Å²) < 4.78 is 11.6. The average Bonchev–Trinajstić information content (AvgIpc) is 3.53. The highest BCUT2D eigenvalue weighted by Gasteiger charge is 2.39. The Balaban J connectivity index is 0.910. The van der Waals surface area contributed by atoms with Crippen molar-refractivity contribution in [1.82, 2.24) is 20.4 Å². The number of likely N-dealkylation sites (N-methyl/N-ethyl adjacent to an activating group) is 1. The zero-order chi connectivity index (χ0) is 39.6. The lowest BCUT2D eigenvalue weighted by Gasteiger charge is -2.29. The number of allylic oxidation sites excluding steroid dienone is 1. The van der Waals surface area contributed by atoms with E-state index in [1.807, 2.05) is 54.6 Å². The van der Waals surface area contributed by atoms with E-state index in [-0.39, 0.29) is 74.9 Å². The van der Waals surface area contributed by atoms with E-state index in [0.717, 1.165) is 28.7 Å². The summed E-state index contributed by atoms with van der Waals surface area (Å²) in [5, 5.41) is 15.0. The predicted octanol–water partition coefficient (Wildman–Crippen LogP) is 5.20. The van der Waals surface area contributed by atoms with Crippen LogP contribution in [0, 0.1) is 0 Å². The van der Waals surface area contributed by atoms with E-state index in [1.165, 1.54) is 10.5 Å². The highest BCUT2D eigenvalue weighted by Crippen LogP contribution is 2.35. The molecule has 0 aromatic heterocycles. The SMILES string of the molecule is CC/C(=C(\c1ccc(O)cc1)c1ccc(OCCN(C)C(=O)CCOCCNC(=O)c2ccc3c(c2)CN([C@@H]2CCC(=O)NC2=O)C3=O)cc1)c1ccccc1. The Morgan fingerprint density at radius 1 is 0.875 bits per heavy atom. The van der Waals surface area contributed by atoms with E-state index in [0.29, 0.717) is 35.6 Å². The molecule has 0 unspecified atom stereocenters. The largest absolute Gasteiger partial charge is 0.508 e. The number of phenols is 1. The summed E-state index contributed by atoms with van der Waals surface area (Å²) in [5.74, 6) is -0.659. The Hall–Kier alpha value is -6.27. The van der Waals surface area contributed by atoms with Crippen LogP contribution in [0.25, 0.3) is 11.1 Å². The molecule has 0 spiro atoms. The highest BCUT2D eigenvalue weighted by molar-refractivity contribution is 6.06. The molecule has 2 aliphatic rings. The van der Waals surface area contributed by atoms with Gasteiger partial charge in [-0.25, -0.2) is 0 Å². The Morgan fingerprint density at radius 2 is 1.57 bits per heavy atom. The van der Waals surface area contributed by atoms with Crippen LogP contribution in [0.3, 0.4) is 0 Å². The third-order valence-corrected chi connectivity index (χ3v) is 9.98. The van der Waals surface area contributed by atoms with Gasteiger partial charge in [0, 0.05) is 37.7 Å². The van der Waals surface area contributed by atoms with Gasteiger partial charge in [0.15, 0.2) is 0 Å². The predicted molar refractivity (Wildman–Crippen MR) is 211 cm³/mol. The van der Waals surface area contributed by atoms with Gasteiger partial charge in [-0.2, -0.15) is 0 Å². The number of amides is 5. The molecule has 3 N–H and O–H groups in total. The van der Waals surface area contributed by atoms with Crippen LogP contribution in [0.2, 0.25) is 0 Å². The first-order valence-electron chi connectivity index (χ1n) is 18.8. The summed E-state index contributed by atoms with van der Waals surface area (Å²) in [5.41, 5.74) is 6.90. The molecule has 6 rings (SSSR count). The summed E-state index contributed by atoms with van der Waals surface area (Å²) >= 11 is 0. The Bertz CT molecular complexity index is 2100. The average molecular weight is 759 g/mol. The van der Waals surface area contributed by atoms with Gasteiger partial charge in [-0.3, -0.25) is 29.3 Å². The van der Waals surface area contributed by atoms with Crippen molar-refractivity contribution in [2.75, 3.05) is 40.0 Å². The van der Waals surface area contributed by atoms with Crippen LogP contribution in [0.4, 0.5) is 0 Å². The van der Waals surface area contributed by atoms with Gasteiger partial charge in [-0.05, 0) is 88.7 Å². The molecule has 12 nitrogen and oxygen atoms in total. The summed E-state index contributed by atoms with van der Waals surface area (Å²) in [6.45, 7) is 3.65. The third-order valence-electron chi connectivity index (χ3n) is 9.98. The lowest BCUT2D eigenvalue weighted by Crippen LogP contribution is -2.52. The monoisotopic (exact) mass is 758 g/mol. The summed E-state index contributed by atoms with van der Waals surface area (Å²) in [6.07, 6.45) is 1.43. The second-order valence-electron chi connectivity index (χ2n) is 13.7. The van der Waals surface area contributed by atoms with E-state index in [9.17, 15) is 29.1 Å².